The Hall–Kier alpha value is -0.980. The summed E-state index contributed by atoms with van der Waals surface area (Å²) >= 11 is 0. The van der Waals surface area contributed by atoms with E-state index >= 15 is 0 Å². The predicted molar refractivity (Wildman–Crippen MR) is 72.6 cm³/mol. The van der Waals surface area contributed by atoms with Gasteiger partial charge in [0.2, 0.25) is 0 Å². The van der Waals surface area contributed by atoms with E-state index in [1.165, 1.54) is 37.7 Å². The van der Waals surface area contributed by atoms with Crippen molar-refractivity contribution in [2.45, 2.75) is 64.2 Å². The zero-order chi connectivity index (χ0) is 12.5. The topological polar surface area (TPSA) is 20.2 Å². The van der Waals surface area contributed by atoms with Crippen LogP contribution in [0.3, 0.4) is 0 Å². The second kappa shape index (κ2) is 4.72. The number of phenols is 1. The highest BCUT2D eigenvalue weighted by atomic mass is 16.3. The van der Waals surface area contributed by atoms with Crippen LogP contribution in [0.25, 0.3) is 0 Å². The largest absolute Gasteiger partial charge is 0.508 e. The van der Waals surface area contributed by atoms with Gasteiger partial charge in [0.15, 0.2) is 0 Å². The van der Waals surface area contributed by atoms with E-state index < -0.39 is 0 Å². The second-order valence-corrected chi connectivity index (χ2v) is 6.36. The van der Waals surface area contributed by atoms with E-state index in [4.69, 9.17) is 0 Å². The van der Waals surface area contributed by atoms with Gasteiger partial charge in [0.25, 0.3) is 0 Å². The van der Waals surface area contributed by atoms with Crippen LogP contribution in [0.2, 0.25) is 0 Å². The highest BCUT2D eigenvalue weighted by Gasteiger charge is 2.21. The van der Waals surface area contributed by atoms with Crippen molar-refractivity contribution in [3.63, 3.8) is 0 Å². The number of phenolic OH excluding ortho intramolecular Hbond substituents is 1. The van der Waals surface area contributed by atoms with Gasteiger partial charge in [-0.1, -0.05) is 52.2 Å². The Balaban J connectivity index is 2.25. The van der Waals surface area contributed by atoms with E-state index in [0.717, 1.165) is 5.56 Å². The first-order chi connectivity index (χ1) is 7.98. The molecular weight excluding hydrogens is 208 g/mol. The van der Waals surface area contributed by atoms with Crippen LogP contribution in [-0.4, -0.2) is 5.11 Å². The van der Waals surface area contributed by atoms with E-state index in [1.807, 2.05) is 6.07 Å². The van der Waals surface area contributed by atoms with Crippen LogP contribution < -0.4 is 0 Å². The average Bonchev–Trinajstić information content (AvgIpc) is 2.29. The van der Waals surface area contributed by atoms with Crippen LogP contribution in [0.1, 0.15) is 69.9 Å². The molecule has 2 rings (SSSR count). The van der Waals surface area contributed by atoms with Gasteiger partial charge in [0.1, 0.15) is 5.75 Å². The molecule has 1 aliphatic carbocycles. The number of aromatic hydroxyl groups is 1. The van der Waals surface area contributed by atoms with Gasteiger partial charge in [0, 0.05) is 0 Å². The van der Waals surface area contributed by atoms with Crippen molar-refractivity contribution in [3.05, 3.63) is 29.3 Å². The highest BCUT2D eigenvalue weighted by molar-refractivity contribution is 5.41. The van der Waals surface area contributed by atoms with Crippen LogP contribution in [0.4, 0.5) is 0 Å². The summed E-state index contributed by atoms with van der Waals surface area (Å²) in [5.41, 5.74) is 2.50. The van der Waals surface area contributed by atoms with Crippen molar-refractivity contribution in [1.82, 2.24) is 0 Å². The van der Waals surface area contributed by atoms with Crippen LogP contribution in [0.15, 0.2) is 18.2 Å². The normalized spacial score (nSPS) is 18.3. The maximum atomic E-state index is 10.2. The zero-order valence-corrected chi connectivity index (χ0v) is 11.3. The van der Waals surface area contributed by atoms with Crippen molar-refractivity contribution < 1.29 is 5.11 Å². The van der Waals surface area contributed by atoms with Crippen LogP contribution in [0, 0.1) is 0 Å². The fraction of sp³-hybridized carbons (Fsp3) is 0.625. The molecule has 0 radical (unpaired) electrons. The van der Waals surface area contributed by atoms with E-state index in [9.17, 15) is 5.11 Å². The summed E-state index contributed by atoms with van der Waals surface area (Å²) in [5.74, 6) is 1.09. The van der Waals surface area contributed by atoms with Crippen molar-refractivity contribution in [3.8, 4) is 5.75 Å². The summed E-state index contributed by atoms with van der Waals surface area (Å²) in [6.45, 7) is 6.55. The average molecular weight is 232 g/mol. The van der Waals surface area contributed by atoms with Crippen molar-refractivity contribution in [2.24, 2.45) is 0 Å². The van der Waals surface area contributed by atoms with Gasteiger partial charge >= 0.3 is 0 Å². The summed E-state index contributed by atoms with van der Waals surface area (Å²) in [6, 6.07) is 6.29. The summed E-state index contributed by atoms with van der Waals surface area (Å²) in [7, 11) is 0. The van der Waals surface area contributed by atoms with Crippen LogP contribution >= 0.6 is 0 Å². The third-order valence-electron chi connectivity index (χ3n) is 3.94. The SMILES string of the molecule is CC(C)(C)c1ccc(C2CCCCC2)c(O)c1. The molecule has 1 saturated carbocycles. The molecule has 1 fully saturated rings. The molecule has 0 unspecified atom stereocenters. The van der Waals surface area contributed by atoms with E-state index in [2.05, 4.69) is 32.9 Å². The second-order valence-electron chi connectivity index (χ2n) is 6.36. The summed E-state index contributed by atoms with van der Waals surface area (Å²) in [5, 5.41) is 10.2. The van der Waals surface area contributed by atoms with Crippen molar-refractivity contribution >= 4 is 0 Å². The lowest BCUT2D eigenvalue weighted by Crippen LogP contribution is -2.12. The quantitative estimate of drug-likeness (QED) is 0.741. The Morgan fingerprint density at radius 1 is 1.06 bits per heavy atom. The number of hydrogen-bond donors (Lipinski definition) is 1. The van der Waals surface area contributed by atoms with Gasteiger partial charge in [-0.25, -0.2) is 0 Å². The molecule has 0 bridgehead atoms. The third-order valence-corrected chi connectivity index (χ3v) is 3.94. The monoisotopic (exact) mass is 232 g/mol. The Morgan fingerprint density at radius 3 is 2.24 bits per heavy atom. The molecule has 17 heavy (non-hydrogen) atoms. The lowest BCUT2D eigenvalue weighted by Gasteiger charge is -2.25. The first-order valence-electron chi connectivity index (χ1n) is 6.82. The molecule has 1 aromatic carbocycles. The van der Waals surface area contributed by atoms with E-state index in [1.54, 1.807) is 0 Å². The number of rotatable bonds is 1. The molecule has 0 amide bonds. The van der Waals surface area contributed by atoms with Gasteiger partial charge in [-0.2, -0.15) is 0 Å². The summed E-state index contributed by atoms with van der Waals surface area (Å²) in [4.78, 5) is 0. The minimum absolute atomic E-state index is 0.114. The maximum Gasteiger partial charge on any atom is 0.119 e. The third kappa shape index (κ3) is 2.83. The molecule has 0 aromatic heterocycles. The Bertz CT molecular complexity index is 381. The molecule has 0 spiro atoms. The van der Waals surface area contributed by atoms with Gasteiger partial charge in [-0.05, 0) is 41.4 Å². The Labute approximate surface area is 105 Å². The molecule has 1 aliphatic rings. The lowest BCUT2D eigenvalue weighted by molar-refractivity contribution is 0.412. The minimum Gasteiger partial charge on any atom is -0.508 e. The highest BCUT2D eigenvalue weighted by Crippen LogP contribution is 2.38. The molecule has 0 aliphatic heterocycles. The standard InChI is InChI=1S/C16H24O/c1-16(2,3)13-9-10-14(15(17)11-13)12-7-5-4-6-8-12/h9-12,17H,4-8H2,1-3H3. The fourth-order valence-electron chi connectivity index (χ4n) is 2.77. The molecule has 1 N–H and O–H groups in total. The van der Waals surface area contributed by atoms with E-state index in [0.29, 0.717) is 11.7 Å². The number of benzene rings is 1. The maximum absolute atomic E-state index is 10.2. The zero-order valence-electron chi connectivity index (χ0n) is 11.3. The Kier molecular flexibility index (Phi) is 3.46. The molecule has 0 heterocycles. The summed E-state index contributed by atoms with van der Waals surface area (Å²) in [6.07, 6.45) is 6.46. The minimum atomic E-state index is 0.114. The van der Waals surface area contributed by atoms with Gasteiger partial charge in [-0.15, -0.1) is 0 Å². The van der Waals surface area contributed by atoms with Gasteiger partial charge in [-0.3, -0.25) is 0 Å². The molecule has 1 aromatic rings. The lowest BCUT2D eigenvalue weighted by atomic mass is 9.81. The Morgan fingerprint density at radius 2 is 1.71 bits per heavy atom. The number of hydrogen-bond acceptors (Lipinski definition) is 1. The first-order valence-corrected chi connectivity index (χ1v) is 6.82. The molecule has 0 atom stereocenters. The van der Waals surface area contributed by atoms with Crippen molar-refractivity contribution in [1.29, 1.82) is 0 Å². The van der Waals surface area contributed by atoms with Gasteiger partial charge < -0.3 is 5.11 Å². The first kappa shape index (κ1) is 12.5. The predicted octanol–water partition coefficient (Wildman–Crippen LogP) is 4.74. The molecule has 94 valence electrons. The molecule has 1 heteroatoms. The van der Waals surface area contributed by atoms with Crippen LogP contribution in [0.5, 0.6) is 5.75 Å². The molecular formula is C16H24O. The summed E-state index contributed by atoms with van der Waals surface area (Å²) < 4.78 is 0. The smallest absolute Gasteiger partial charge is 0.119 e. The van der Waals surface area contributed by atoms with Gasteiger partial charge in [0.05, 0.1) is 0 Å². The van der Waals surface area contributed by atoms with Crippen LogP contribution in [-0.2, 0) is 5.41 Å². The fourth-order valence-corrected chi connectivity index (χ4v) is 2.77. The van der Waals surface area contributed by atoms with Crippen molar-refractivity contribution in [2.75, 3.05) is 0 Å². The molecule has 0 saturated heterocycles. The van der Waals surface area contributed by atoms with E-state index in [-0.39, 0.29) is 5.41 Å². The molecule has 1 nitrogen and oxygen atoms in total.